The van der Waals surface area contributed by atoms with Crippen LogP contribution in [0.3, 0.4) is 0 Å². The van der Waals surface area contributed by atoms with Gasteiger partial charge in [-0.25, -0.2) is 27.6 Å². The van der Waals surface area contributed by atoms with E-state index in [-0.39, 0.29) is 158 Å². The molecule has 0 radical (unpaired) electrons. The van der Waals surface area contributed by atoms with Crippen LogP contribution < -0.4 is 64.2 Å². The second kappa shape index (κ2) is 30.0. The van der Waals surface area contributed by atoms with Gasteiger partial charge in [-0.05, 0) is 109 Å². The Morgan fingerprint density at radius 3 is 1.04 bits per heavy atom. The predicted molar refractivity (Wildman–Crippen MR) is 347 cm³/mol. The van der Waals surface area contributed by atoms with E-state index < -0.39 is 53.7 Å². The van der Waals surface area contributed by atoms with E-state index in [9.17, 15) is 61.4 Å². The molecule has 0 bridgehead atoms. The van der Waals surface area contributed by atoms with Crippen LogP contribution in [0.5, 0.6) is 0 Å². The van der Waals surface area contributed by atoms with Crippen LogP contribution in [-0.4, -0.2) is 151 Å². The molecule has 9 aromatic rings. The maximum Gasteiger partial charge on any atom is 1.00 e. The van der Waals surface area contributed by atoms with Crippen LogP contribution in [0.15, 0.2) is 146 Å². The first-order valence-corrected chi connectivity index (χ1v) is 32.0. The summed E-state index contributed by atoms with van der Waals surface area (Å²) in [6, 6.07) is 39.6. The monoisotopic (exact) mass is 1380 g/mol. The topological polar surface area (TPSA) is 270 Å². The molecule has 506 valence electrons. The minimum atomic E-state index is -1.30. The molecule has 9 heterocycles. The number of aliphatic carboxylic acids is 2. The Hall–Kier alpha value is -9.08. The summed E-state index contributed by atoms with van der Waals surface area (Å²) >= 11 is 0. The third-order valence-electron chi connectivity index (χ3n) is 18.8. The molecule has 2 N–H and O–H groups in total. The SMILES string of the molecule is CC(C)(C)OC(=O)CCN1C(=O)[C@@H]2Cc3c(n(Cc4ccc(F)cc4)c4ccccc34)CN2C1=O.O=C(O)CCN1C(=O)[C@@H]2Cc3c(n(Cc4ccc(F)cc4)c4ccccc34)CN2C1=O.O=C([O-])CCN1C(=O)[C@@H]2Cc3c(n(Cc4ccc(F)cc4)c4ccccc34)CN2C1=O.[Na+].[Na+].[OH-]. The number of esters is 1. The molecular formula is C73H68F3N9Na2O13. The van der Waals surface area contributed by atoms with Crippen molar-refractivity contribution < 1.29 is 136 Å². The zero-order chi connectivity index (χ0) is 68.3. The van der Waals surface area contributed by atoms with Crippen LogP contribution in [0.2, 0.25) is 0 Å². The van der Waals surface area contributed by atoms with Crippen LogP contribution in [0.25, 0.3) is 32.7 Å². The fourth-order valence-electron chi connectivity index (χ4n) is 14.3. The second-order valence-electron chi connectivity index (χ2n) is 25.9. The third-order valence-corrected chi connectivity index (χ3v) is 18.8. The molecule has 3 fully saturated rings. The van der Waals surface area contributed by atoms with E-state index in [4.69, 9.17) is 9.84 Å². The van der Waals surface area contributed by atoms with Crippen LogP contribution in [0, 0.1) is 17.5 Å². The Kier molecular flexibility index (Phi) is 22.1. The zero-order valence-corrected chi connectivity index (χ0v) is 59.7. The van der Waals surface area contributed by atoms with Crippen molar-refractivity contribution in [2.75, 3.05) is 19.6 Å². The van der Waals surface area contributed by atoms with Crippen molar-refractivity contribution in [3.63, 3.8) is 0 Å². The summed E-state index contributed by atoms with van der Waals surface area (Å²) in [5.41, 5.74) is 11.1. The number of fused-ring (bicyclic) bond motifs is 12. The Labute approximate surface area is 616 Å². The number of nitrogens with zero attached hydrogens (tertiary/aromatic N) is 9. The van der Waals surface area contributed by atoms with Gasteiger partial charge < -0.3 is 53.6 Å². The number of carboxylic acid groups (broad SMARTS) is 2. The summed E-state index contributed by atoms with van der Waals surface area (Å²) in [6.45, 7) is 7.38. The summed E-state index contributed by atoms with van der Waals surface area (Å²) in [5, 5.41) is 22.8. The van der Waals surface area contributed by atoms with E-state index in [0.29, 0.717) is 45.4 Å². The predicted octanol–water partition coefficient (Wildman–Crippen LogP) is 2.73. The standard InChI is InChI=1S/C27H28FN3O4.2C23H20FN3O4.2Na.H2O/c1-27(2,3)35-24(32)12-13-29-25(33)22-14-20-19-6-4-5-7-21(19)30(23(20)16-31(22)26(29)34)15-17-8-10-18(28)11-9-17;2*24-15-7-5-14(6-8-15)12-26-18-4-2-1-3-16(18)17-11-19-22(30)25(10-9-21(28)29)23(31)27(19)13-20(17)26;;;/h4-11,22H,12-16H2,1-3H3;2*1-8,19H,9-13H2,(H,28,29);;;1H2/q;;;2*+1;/p-2/t22-;2*19-;;;/m000.../s1. The molecule has 0 aliphatic carbocycles. The molecule has 15 rings (SSSR count). The van der Waals surface area contributed by atoms with Gasteiger partial charge in [0, 0.05) is 121 Å². The molecule has 6 aliphatic rings. The van der Waals surface area contributed by atoms with Crippen molar-refractivity contribution in [2.45, 2.75) is 122 Å². The first-order valence-electron chi connectivity index (χ1n) is 32.0. The molecule has 0 spiro atoms. The van der Waals surface area contributed by atoms with Crippen LogP contribution in [0.1, 0.15) is 90.5 Å². The molecule has 3 saturated heterocycles. The van der Waals surface area contributed by atoms with E-state index in [1.54, 1.807) is 62.1 Å². The molecule has 9 amide bonds. The number of carbonyl (C=O) groups is 9. The number of amides is 9. The molecule has 27 heteroatoms. The average molecular weight is 1380 g/mol. The van der Waals surface area contributed by atoms with Gasteiger partial charge in [0.15, 0.2) is 0 Å². The largest absolute Gasteiger partial charge is 1.00 e. The van der Waals surface area contributed by atoms with Crippen molar-refractivity contribution in [1.82, 2.24) is 43.1 Å². The van der Waals surface area contributed by atoms with Crippen molar-refractivity contribution in [3.05, 3.63) is 214 Å². The maximum atomic E-state index is 13.4. The molecule has 100 heavy (non-hydrogen) atoms. The fraction of sp³-hybridized carbons (Fsp3) is 0.301. The van der Waals surface area contributed by atoms with Gasteiger partial charge in [0.2, 0.25) is 0 Å². The first kappa shape index (κ1) is 73.6. The summed E-state index contributed by atoms with van der Waals surface area (Å²) in [7, 11) is 0. The number of benzene rings is 6. The average Bonchev–Trinajstić information content (AvgIpc) is 1.59. The zero-order valence-electron chi connectivity index (χ0n) is 55.7. The van der Waals surface area contributed by atoms with E-state index in [0.717, 1.165) is 93.0 Å². The molecule has 3 atom stereocenters. The minimum absolute atomic E-state index is 0. The van der Waals surface area contributed by atoms with Gasteiger partial charge in [0.05, 0.1) is 32.5 Å². The molecular weight excluding hydrogens is 1310 g/mol. The summed E-state index contributed by atoms with van der Waals surface area (Å²) in [6.07, 6.45) is 0.482. The van der Waals surface area contributed by atoms with Gasteiger partial charge in [-0.15, -0.1) is 0 Å². The number of imide groups is 3. The summed E-state index contributed by atoms with van der Waals surface area (Å²) < 4.78 is 51.8. The Morgan fingerprint density at radius 2 is 0.750 bits per heavy atom. The van der Waals surface area contributed by atoms with Crippen molar-refractivity contribution in [2.24, 2.45) is 0 Å². The molecule has 6 aromatic carbocycles. The minimum Gasteiger partial charge on any atom is -0.870 e. The quantitative estimate of drug-likeness (QED) is 0.0880. The molecule has 0 saturated carbocycles. The van der Waals surface area contributed by atoms with Gasteiger partial charge in [-0.2, -0.15) is 0 Å². The van der Waals surface area contributed by atoms with Crippen molar-refractivity contribution >= 4 is 86.4 Å². The van der Waals surface area contributed by atoms with Crippen molar-refractivity contribution in [3.8, 4) is 0 Å². The number of carboxylic acids is 2. The van der Waals surface area contributed by atoms with Gasteiger partial charge in [-0.1, -0.05) is 91.0 Å². The maximum absolute atomic E-state index is 13.4. The summed E-state index contributed by atoms with van der Waals surface area (Å²) in [5.74, 6) is -4.67. The van der Waals surface area contributed by atoms with Crippen LogP contribution >= 0.6 is 0 Å². The van der Waals surface area contributed by atoms with E-state index in [1.807, 2.05) is 72.8 Å². The van der Waals surface area contributed by atoms with E-state index in [1.165, 1.54) is 51.1 Å². The first-order chi connectivity index (χ1) is 46.5. The van der Waals surface area contributed by atoms with Gasteiger partial charge in [0.1, 0.15) is 41.2 Å². The number of ether oxygens (including phenoxy) is 1. The third kappa shape index (κ3) is 14.5. The number of para-hydroxylation sites is 3. The second-order valence-corrected chi connectivity index (χ2v) is 25.9. The van der Waals surface area contributed by atoms with Gasteiger partial charge >= 0.3 is 89.1 Å². The number of hydrogen-bond donors (Lipinski definition) is 1. The van der Waals surface area contributed by atoms with E-state index >= 15 is 0 Å². The van der Waals surface area contributed by atoms with Crippen LogP contribution in [-0.2, 0) is 92.0 Å². The summed E-state index contributed by atoms with van der Waals surface area (Å²) in [4.78, 5) is 120. The Bertz CT molecular complexity index is 4520. The number of hydrogen-bond acceptors (Lipinski definition) is 12. The Balaban J connectivity index is 0.000000160. The molecule has 0 unspecified atom stereocenters. The molecule has 6 aliphatic heterocycles. The van der Waals surface area contributed by atoms with Crippen molar-refractivity contribution in [1.29, 1.82) is 0 Å². The number of carbonyl (C=O) groups excluding carboxylic acids is 8. The molecule has 3 aromatic heterocycles. The molecule has 22 nitrogen and oxygen atoms in total. The van der Waals surface area contributed by atoms with Crippen LogP contribution in [0.4, 0.5) is 27.6 Å². The van der Waals surface area contributed by atoms with E-state index in [2.05, 4.69) is 13.7 Å². The number of halogens is 3. The number of urea groups is 3. The van der Waals surface area contributed by atoms with Gasteiger partial charge in [0.25, 0.3) is 17.7 Å². The fourth-order valence-corrected chi connectivity index (χ4v) is 14.3. The smallest absolute Gasteiger partial charge is 0.870 e. The van der Waals surface area contributed by atoms with Gasteiger partial charge in [-0.3, -0.25) is 38.7 Å². The normalized spacial score (nSPS) is 17.3. The number of rotatable bonds is 15. The number of aromatic nitrogens is 3. The Morgan fingerprint density at radius 1 is 0.460 bits per heavy atom.